The van der Waals surface area contributed by atoms with Gasteiger partial charge in [-0.05, 0) is 16.7 Å². The summed E-state index contributed by atoms with van der Waals surface area (Å²) < 4.78 is 26.0. The van der Waals surface area contributed by atoms with Crippen LogP contribution in [0.5, 0.6) is 0 Å². The van der Waals surface area contributed by atoms with Gasteiger partial charge in [0, 0.05) is 12.8 Å². The zero-order valence-corrected chi connectivity index (χ0v) is 7.56. The average Bonchev–Trinajstić information content (AvgIpc) is 2.38. The number of halogens is 2. The Kier molecular flexibility index (Phi) is 1.99. The summed E-state index contributed by atoms with van der Waals surface area (Å²) in [5, 5.41) is 8.47. The number of nitriles is 1. The van der Waals surface area contributed by atoms with Gasteiger partial charge in [-0.15, -0.1) is 0 Å². The number of nitrogens with zero attached hydrogens (tertiary/aromatic N) is 1. The van der Waals surface area contributed by atoms with E-state index in [0.29, 0.717) is 12.0 Å². The second-order valence-corrected chi connectivity index (χ2v) is 3.65. The molecule has 14 heavy (non-hydrogen) atoms. The van der Waals surface area contributed by atoms with E-state index in [2.05, 4.69) is 0 Å². The molecule has 0 amide bonds. The zero-order valence-electron chi connectivity index (χ0n) is 7.56. The van der Waals surface area contributed by atoms with E-state index in [9.17, 15) is 8.78 Å². The normalized spacial score (nSPS) is 17.5. The number of hydrogen-bond acceptors (Lipinski definition) is 1. The lowest BCUT2D eigenvalue weighted by molar-refractivity contribution is 0.0130. The molecule has 0 bridgehead atoms. The van der Waals surface area contributed by atoms with E-state index in [1.165, 1.54) is 0 Å². The maximum atomic E-state index is 13.0. The van der Waals surface area contributed by atoms with E-state index in [1.54, 1.807) is 18.2 Å². The average molecular weight is 193 g/mol. The molecular formula is C11H9F2N. The van der Waals surface area contributed by atoms with Gasteiger partial charge in [-0.1, -0.05) is 18.2 Å². The highest BCUT2D eigenvalue weighted by Crippen LogP contribution is 2.34. The first-order valence-electron chi connectivity index (χ1n) is 4.46. The molecule has 0 fully saturated rings. The summed E-state index contributed by atoms with van der Waals surface area (Å²) in [6.45, 7) is 0. The van der Waals surface area contributed by atoms with E-state index in [-0.39, 0.29) is 12.8 Å². The third-order valence-electron chi connectivity index (χ3n) is 2.45. The van der Waals surface area contributed by atoms with Gasteiger partial charge >= 0.3 is 0 Å². The Balaban J connectivity index is 2.32. The third kappa shape index (κ3) is 1.60. The highest BCUT2D eigenvalue weighted by molar-refractivity contribution is 5.38. The van der Waals surface area contributed by atoms with Crippen LogP contribution in [0.3, 0.4) is 0 Å². The molecule has 2 rings (SSSR count). The SMILES string of the molecule is N#CCc1ccc2c(c1)CC(F)(F)C2. The second kappa shape index (κ2) is 3.06. The highest BCUT2D eigenvalue weighted by Gasteiger charge is 2.37. The van der Waals surface area contributed by atoms with E-state index >= 15 is 0 Å². The topological polar surface area (TPSA) is 23.8 Å². The van der Waals surface area contributed by atoms with Gasteiger partial charge in [-0.2, -0.15) is 5.26 Å². The van der Waals surface area contributed by atoms with Crippen molar-refractivity contribution in [2.45, 2.75) is 25.2 Å². The fraction of sp³-hybridized carbons (Fsp3) is 0.364. The van der Waals surface area contributed by atoms with Crippen molar-refractivity contribution in [3.63, 3.8) is 0 Å². The Bertz CT molecular complexity index is 404. The first-order chi connectivity index (χ1) is 6.61. The molecule has 0 heterocycles. The van der Waals surface area contributed by atoms with Gasteiger partial charge in [-0.3, -0.25) is 0 Å². The summed E-state index contributed by atoms with van der Waals surface area (Å²) >= 11 is 0. The van der Waals surface area contributed by atoms with E-state index in [4.69, 9.17) is 5.26 Å². The molecular weight excluding hydrogens is 184 g/mol. The van der Waals surface area contributed by atoms with Crippen LogP contribution in [-0.4, -0.2) is 5.92 Å². The largest absolute Gasteiger partial charge is 0.256 e. The Labute approximate surface area is 81.0 Å². The number of benzene rings is 1. The van der Waals surface area contributed by atoms with Crippen LogP contribution in [-0.2, 0) is 19.3 Å². The number of fused-ring (bicyclic) bond motifs is 1. The molecule has 0 aliphatic heterocycles. The Morgan fingerprint density at radius 1 is 1.29 bits per heavy atom. The van der Waals surface area contributed by atoms with Gasteiger partial charge in [0.25, 0.3) is 5.92 Å². The molecule has 0 saturated heterocycles. The minimum Gasteiger partial charge on any atom is -0.206 e. The van der Waals surface area contributed by atoms with Gasteiger partial charge in [0.15, 0.2) is 0 Å². The van der Waals surface area contributed by atoms with Crippen LogP contribution in [0.4, 0.5) is 8.78 Å². The molecule has 0 aromatic heterocycles. The summed E-state index contributed by atoms with van der Waals surface area (Å²) in [6.07, 6.45) is -0.0460. The molecule has 0 unspecified atom stereocenters. The van der Waals surface area contributed by atoms with Gasteiger partial charge in [0.05, 0.1) is 12.5 Å². The molecule has 1 aliphatic carbocycles. The van der Waals surface area contributed by atoms with E-state index < -0.39 is 5.92 Å². The predicted octanol–water partition coefficient (Wildman–Crippen LogP) is 2.49. The van der Waals surface area contributed by atoms with Crippen LogP contribution >= 0.6 is 0 Å². The van der Waals surface area contributed by atoms with Crippen LogP contribution in [0.15, 0.2) is 18.2 Å². The van der Waals surface area contributed by atoms with Gasteiger partial charge < -0.3 is 0 Å². The monoisotopic (exact) mass is 193 g/mol. The minimum absolute atomic E-state index is 0.158. The maximum absolute atomic E-state index is 13.0. The summed E-state index contributed by atoms with van der Waals surface area (Å²) in [6, 6.07) is 7.19. The first-order valence-corrected chi connectivity index (χ1v) is 4.46. The molecule has 1 aromatic carbocycles. The van der Waals surface area contributed by atoms with Gasteiger partial charge in [-0.25, -0.2) is 8.78 Å². The van der Waals surface area contributed by atoms with Crippen LogP contribution < -0.4 is 0 Å². The molecule has 72 valence electrons. The molecule has 0 atom stereocenters. The molecule has 0 radical (unpaired) electrons. The van der Waals surface area contributed by atoms with Gasteiger partial charge in [0.1, 0.15) is 0 Å². The van der Waals surface area contributed by atoms with Crippen molar-refractivity contribution in [2.24, 2.45) is 0 Å². The van der Waals surface area contributed by atoms with Crippen molar-refractivity contribution in [3.05, 3.63) is 34.9 Å². The highest BCUT2D eigenvalue weighted by atomic mass is 19.3. The van der Waals surface area contributed by atoms with Crippen LogP contribution in [0, 0.1) is 11.3 Å². The molecule has 1 nitrogen and oxygen atoms in total. The lowest BCUT2D eigenvalue weighted by Crippen LogP contribution is -2.14. The maximum Gasteiger partial charge on any atom is 0.256 e. The second-order valence-electron chi connectivity index (χ2n) is 3.65. The third-order valence-corrected chi connectivity index (χ3v) is 2.45. The van der Waals surface area contributed by atoms with Crippen molar-refractivity contribution in [3.8, 4) is 6.07 Å². The summed E-state index contributed by atoms with van der Waals surface area (Å²) in [5.74, 6) is -2.59. The standard InChI is InChI=1S/C11H9F2N/c12-11(13)6-9-2-1-8(3-4-14)5-10(9)7-11/h1-2,5H,3,6-7H2. The lowest BCUT2D eigenvalue weighted by atomic mass is 10.1. The fourth-order valence-corrected chi connectivity index (χ4v) is 1.84. The van der Waals surface area contributed by atoms with Crippen molar-refractivity contribution in [2.75, 3.05) is 0 Å². The fourth-order valence-electron chi connectivity index (χ4n) is 1.84. The van der Waals surface area contributed by atoms with E-state index in [1.807, 2.05) is 6.07 Å². The number of hydrogen-bond donors (Lipinski definition) is 0. The Hall–Kier alpha value is -1.43. The lowest BCUT2D eigenvalue weighted by Gasteiger charge is -2.04. The van der Waals surface area contributed by atoms with Gasteiger partial charge in [0.2, 0.25) is 0 Å². The molecule has 0 spiro atoms. The predicted molar refractivity (Wildman–Crippen MR) is 48.1 cm³/mol. The molecule has 0 N–H and O–H groups in total. The first kappa shape index (κ1) is 9.14. The summed E-state index contributed by atoms with van der Waals surface area (Å²) in [7, 11) is 0. The summed E-state index contributed by atoms with van der Waals surface area (Å²) in [5.41, 5.74) is 2.24. The molecule has 3 heteroatoms. The minimum atomic E-state index is -2.59. The van der Waals surface area contributed by atoms with Crippen LogP contribution in [0.25, 0.3) is 0 Å². The zero-order chi connectivity index (χ0) is 10.2. The molecule has 0 saturated carbocycles. The molecule has 1 aliphatic rings. The molecule has 1 aromatic rings. The van der Waals surface area contributed by atoms with Crippen molar-refractivity contribution >= 4 is 0 Å². The number of alkyl halides is 2. The van der Waals surface area contributed by atoms with Crippen LogP contribution in [0.1, 0.15) is 16.7 Å². The summed E-state index contributed by atoms with van der Waals surface area (Å²) in [4.78, 5) is 0. The quantitative estimate of drug-likeness (QED) is 0.672. The van der Waals surface area contributed by atoms with Crippen molar-refractivity contribution in [1.29, 1.82) is 5.26 Å². The van der Waals surface area contributed by atoms with Crippen LogP contribution in [0.2, 0.25) is 0 Å². The van der Waals surface area contributed by atoms with Crippen molar-refractivity contribution in [1.82, 2.24) is 0 Å². The Morgan fingerprint density at radius 2 is 2.00 bits per heavy atom. The smallest absolute Gasteiger partial charge is 0.206 e. The van der Waals surface area contributed by atoms with Crippen molar-refractivity contribution < 1.29 is 8.78 Å². The Morgan fingerprint density at radius 3 is 2.71 bits per heavy atom. The van der Waals surface area contributed by atoms with E-state index in [0.717, 1.165) is 11.1 Å². The number of rotatable bonds is 1.